The number of aromatic amines is 1. The minimum atomic E-state index is -3.94. The smallest absolute Gasteiger partial charge is 0.337 e. The maximum Gasteiger partial charge on any atom is 0.337 e. The van der Waals surface area contributed by atoms with E-state index in [1.165, 1.54) is 25.3 Å². The molecule has 0 amide bonds. The number of aromatic nitrogens is 2. The maximum absolute atomic E-state index is 12.3. The van der Waals surface area contributed by atoms with Crippen molar-refractivity contribution in [1.29, 1.82) is 0 Å². The van der Waals surface area contributed by atoms with Crippen LogP contribution in [0.5, 0.6) is 5.75 Å². The highest BCUT2D eigenvalue weighted by Gasteiger charge is 2.22. The molecule has 0 aliphatic carbocycles. The summed E-state index contributed by atoms with van der Waals surface area (Å²) in [6.45, 7) is 1.55. The van der Waals surface area contributed by atoms with Gasteiger partial charge in [-0.15, -0.1) is 0 Å². The molecular weight excluding hydrogens is 298 g/mol. The number of ether oxygens (including phenoxy) is 1. The van der Waals surface area contributed by atoms with Crippen LogP contribution in [0.1, 0.15) is 16.1 Å². The van der Waals surface area contributed by atoms with Crippen LogP contribution < -0.4 is 9.46 Å². The average Bonchev–Trinajstić information content (AvgIpc) is 2.85. The Hall–Kier alpha value is -2.55. The van der Waals surface area contributed by atoms with E-state index in [1.54, 1.807) is 6.92 Å². The summed E-state index contributed by atoms with van der Waals surface area (Å²) in [5.41, 5.74) is 0.0882. The maximum atomic E-state index is 12.3. The molecule has 21 heavy (non-hydrogen) atoms. The molecule has 112 valence electrons. The van der Waals surface area contributed by atoms with Gasteiger partial charge in [-0.1, -0.05) is 0 Å². The van der Waals surface area contributed by atoms with Gasteiger partial charge < -0.3 is 9.84 Å². The van der Waals surface area contributed by atoms with Crippen LogP contribution in [0.2, 0.25) is 0 Å². The summed E-state index contributed by atoms with van der Waals surface area (Å²) in [6.07, 6.45) is 1.15. The van der Waals surface area contributed by atoms with Gasteiger partial charge in [0, 0.05) is 6.07 Å². The van der Waals surface area contributed by atoms with Crippen LogP contribution in [0.4, 0.5) is 5.69 Å². The molecule has 0 saturated carbocycles. The van der Waals surface area contributed by atoms with Gasteiger partial charge in [-0.25, -0.2) is 13.2 Å². The molecule has 2 rings (SSSR count). The molecule has 1 aromatic heterocycles. The molecule has 0 radical (unpaired) electrons. The standard InChI is InChI=1S/C12H13N3O5S/c1-7-11(6-13-14-7)21(18,19)15-10-5-8(20-2)3-4-9(10)12(16)17/h3-6,15H,1-2H3,(H,13,14)(H,16,17). The second-order valence-corrected chi connectivity index (χ2v) is 5.83. The number of nitrogens with zero attached hydrogens (tertiary/aromatic N) is 1. The Morgan fingerprint density at radius 2 is 2.14 bits per heavy atom. The first-order valence-corrected chi connectivity index (χ1v) is 7.27. The Balaban J connectivity index is 2.47. The van der Waals surface area contributed by atoms with Crippen LogP contribution in [-0.4, -0.2) is 36.8 Å². The van der Waals surface area contributed by atoms with Crippen molar-refractivity contribution in [2.75, 3.05) is 11.8 Å². The second-order valence-electron chi connectivity index (χ2n) is 4.18. The molecule has 1 heterocycles. The molecule has 1 aromatic carbocycles. The fraction of sp³-hybridized carbons (Fsp3) is 0.167. The molecular formula is C12H13N3O5S. The number of rotatable bonds is 5. The molecule has 3 N–H and O–H groups in total. The van der Waals surface area contributed by atoms with Crippen molar-refractivity contribution in [3.05, 3.63) is 35.7 Å². The van der Waals surface area contributed by atoms with Gasteiger partial charge in [-0.05, 0) is 19.1 Å². The first kappa shape index (κ1) is 14.9. The number of hydrogen-bond donors (Lipinski definition) is 3. The van der Waals surface area contributed by atoms with Gasteiger partial charge in [0.15, 0.2) is 0 Å². The molecule has 8 nitrogen and oxygen atoms in total. The van der Waals surface area contributed by atoms with Crippen molar-refractivity contribution in [1.82, 2.24) is 10.2 Å². The third-order valence-electron chi connectivity index (χ3n) is 2.77. The molecule has 0 spiro atoms. The number of sulfonamides is 1. The van der Waals surface area contributed by atoms with Crippen LogP contribution in [0.3, 0.4) is 0 Å². The molecule has 2 aromatic rings. The Labute approximate surface area is 120 Å². The first-order valence-electron chi connectivity index (χ1n) is 5.79. The number of carboxylic acids is 1. The van der Waals surface area contributed by atoms with Gasteiger partial charge in [-0.2, -0.15) is 5.10 Å². The number of anilines is 1. The summed E-state index contributed by atoms with van der Waals surface area (Å²) in [5, 5.41) is 15.3. The Morgan fingerprint density at radius 1 is 1.43 bits per heavy atom. The zero-order valence-corrected chi connectivity index (χ0v) is 12.1. The molecule has 0 saturated heterocycles. The second kappa shape index (κ2) is 5.44. The minimum Gasteiger partial charge on any atom is -0.497 e. The summed E-state index contributed by atoms with van der Waals surface area (Å²) in [7, 11) is -2.55. The van der Waals surface area contributed by atoms with E-state index in [9.17, 15) is 13.2 Å². The number of carboxylic acid groups (broad SMARTS) is 1. The normalized spacial score (nSPS) is 11.1. The number of methoxy groups -OCH3 is 1. The van der Waals surface area contributed by atoms with E-state index in [0.717, 1.165) is 6.20 Å². The molecule has 0 aliphatic rings. The Bertz CT molecular complexity index is 782. The number of aromatic carboxylic acids is 1. The quantitative estimate of drug-likeness (QED) is 0.763. The SMILES string of the molecule is COc1ccc(C(=O)O)c(NS(=O)(=O)c2cn[nH]c2C)c1. The zero-order chi connectivity index (χ0) is 15.6. The van der Waals surface area contributed by atoms with Crippen molar-refractivity contribution >= 4 is 21.7 Å². The summed E-state index contributed by atoms with van der Waals surface area (Å²) >= 11 is 0. The fourth-order valence-corrected chi connectivity index (χ4v) is 2.94. The molecule has 0 aliphatic heterocycles. The van der Waals surface area contributed by atoms with E-state index in [-0.39, 0.29) is 16.1 Å². The van der Waals surface area contributed by atoms with E-state index in [0.29, 0.717) is 11.4 Å². The van der Waals surface area contributed by atoms with Gasteiger partial charge in [-0.3, -0.25) is 9.82 Å². The number of nitrogens with one attached hydrogen (secondary N) is 2. The van der Waals surface area contributed by atoms with E-state index >= 15 is 0 Å². The largest absolute Gasteiger partial charge is 0.497 e. The van der Waals surface area contributed by atoms with Crippen LogP contribution in [0.15, 0.2) is 29.3 Å². The van der Waals surface area contributed by atoms with E-state index < -0.39 is 16.0 Å². The van der Waals surface area contributed by atoms with Crippen molar-refractivity contribution in [2.45, 2.75) is 11.8 Å². The highest BCUT2D eigenvalue weighted by Crippen LogP contribution is 2.25. The molecule has 9 heteroatoms. The van der Waals surface area contributed by atoms with Crippen LogP contribution in [-0.2, 0) is 10.0 Å². The third kappa shape index (κ3) is 2.97. The summed E-state index contributed by atoms with van der Waals surface area (Å²) in [6, 6.07) is 4.00. The van der Waals surface area contributed by atoms with Crippen molar-refractivity contribution in [3.63, 3.8) is 0 Å². The zero-order valence-electron chi connectivity index (χ0n) is 11.2. The lowest BCUT2D eigenvalue weighted by atomic mass is 10.2. The first-order chi connectivity index (χ1) is 9.85. The number of hydrogen-bond acceptors (Lipinski definition) is 5. The van der Waals surface area contributed by atoms with Gasteiger partial charge in [0.25, 0.3) is 10.0 Å². The summed E-state index contributed by atoms with van der Waals surface area (Å²) in [4.78, 5) is 11.1. The Morgan fingerprint density at radius 3 is 2.67 bits per heavy atom. The molecule has 0 fully saturated rings. The molecule has 0 unspecified atom stereocenters. The van der Waals surface area contributed by atoms with E-state index in [1.807, 2.05) is 0 Å². The molecule has 0 bridgehead atoms. The van der Waals surface area contributed by atoms with Gasteiger partial charge >= 0.3 is 5.97 Å². The average molecular weight is 311 g/mol. The topological polar surface area (TPSA) is 121 Å². The van der Waals surface area contributed by atoms with E-state index in [2.05, 4.69) is 14.9 Å². The van der Waals surface area contributed by atoms with Crippen molar-refractivity contribution < 1.29 is 23.1 Å². The van der Waals surface area contributed by atoms with Crippen LogP contribution in [0, 0.1) is 6.92 Å². The van der Waals surface area contributed by atoms with Crippen LogP contribution >= 0.6 is 0 Å². The lowest BCUT2D eigenvalue weighted by Gasteiger charge is -2.11. The van der Waals surface area contributed by atoms with E-state index in [4.69, 9.17) is 9.84 Å². The predicted octanol–water partition coefficient (Wildman–Crippen LogP) is 1.23. The highest BCUT2D eigenvalue weighted by atomic mass is 32.2. The molecule has 0 atom stereocenters. The lowest BCUT2D eigenvalue weighted by molar-refractivity contribution is 0.0698. The number of aryl methyl sites for hydroxylation is 1. The van der Waals surface area contributed by atoms with Gasteiger partial charge in [0.2, 0.25) is 0 Å². The van der Waals surface area contributed by atoms with Gasteiger partial charge in [0.05, 0.1) is 30.3 Å². The number of H-pyrrole nitrogens is 1. The minimum absolute atomic E-state index is 0.0540. The lowest BCUT2D eigenvalue weighted by Crippen LogP contribution is -2.16. The highest BCUT2D eigenvalue weighted by molar-refractivity contribution is 7.92. The van der Waals surface area contributed by atoms with Crippen LogP contribution in [0.25, 0.3) is 0 Å². The van der Waals surface area contributed by atoms with Crippen molar-refractivity contribution in [3.8, 4) is 5.75 Å². The fourth-order valence-electron chi connectivity index (χ4n) is 1.73. The predicted molar refractivity (Wildman–Crippen MR) is 74.1 cm³/mol. The van der Waals surface area contributed by atoms with Gasteiger partial charge in [0.1, 0.15) is 10.6 Å². The van der Waals surface area contributed by atoms with Crippen molar-refractivity contribution in [2.24, 2.45) is 0 Å². The summed E-state index contributed by atoms with van der Waals surface area (Å²) < 4.78 is 31.7. The number of benzene rings is 1. The number of carbonyl (C=O) groups is 1. The summed E-state index contributed by atoms with van der Waals surface area (Å²) in [5.74, 6) is -0.916. The Kier molecular flexibility index (Phi) is 3.85. The third-order valence-corrected chi connectivity index (χ3v) is 4.25. The monoisotopic (exact) mass is 311 g/mol.